The zero-order chi connectivity index (χ0) is 26.6. The molecule has 0 atom stereocenters. The predicted molar refractivity (Wildman–Crippen MR) is 135 cm³/mol. The van der Waals surface area contributed by atoms with E-state index in [0.29, 0.717) is 10.6 Å². The Labute approximate surface area is 212 Å². The summed E-state index contributed by atoms with van der Waals surface area (Å²) in [7, 11) is 0. The van der Waals surface area contributed by atoms with Gasteiger partial charge in [-0.15, -0.1) is 0 Å². The highest BCUT2D eigenvalue weighted by atomic mass is 35.5. The number of hydrogen-bond acceptors (Lipinski definition) is 6. The van der Waals surface area contributed by atoms with Gasteiger partial charge in [-0.25, -0.2) is 18.5 Å². The van der Waals surface area contributed by atoms with Crippen LogP contribution in [0.15, 0.2) is 52.1 Å². The monoisotopic (exact) mass is 518 g/mol. The lowest BCUT2D eigenvalue weighted by molar-refractivity contribution is -0.147. The summed E-state index contributed by atoms with van der Waals surface area (Å²) in [6.45, 7) is 6.47. The van der Waals surface area contributed by atoms with Gasteiger partial charge in [-0.05, 0) is 63.9 Å². The lowest BCUT2D eigenvalue weighted by Crippen LogP contribution is -2.43. The number of nitrogens with one attached hydrogen (secondary N) is 1. The molecule has 0 aliphatic rings. The largest absolute Gasteiger partial charge is 0.488 e. The number of aromatic nitrogens is 3. The SMILES string of the molecule is CC(C)Oc1ccc(Nc2nc(=O)n(CCC(C)(C)C(=O)O)c(=O)n2Cc2ccc(Cl)cc2)cc1F. The zero-order valence-corrected chi connectivity index (χ0v) is 21.2. The minimum Gasteiger partial charge on any atom is -0.488 e. The van der Waals surface area contributed by atoms with Crippen molar-refractivity contribution in [3.05, 3.63) is 79.8 Å². The maximum absolute atomic E-state index is 14.5. The lowest BCUT2D eigenvalue weighted by atomic mass is 9.90. The van der Waals surface area contributed by atoms with Crippen LogP contribution in [0.2, 0.25) is 5.02 Å². The number of carboxylic acids is 1. The molecule has 1 aromatic heterocycles. The van der Waals surface area contributed by atoms with Crippen molar-refractivity contribution in [1.29, 1.82) is 0 Å². The molecule has 2 aromatic carbocycles. The van der Waals surface area contributed by atoms with Crippen LogP contribution in [0.4, 0.5) is 16.0 Å². The molecule has 0 bridgehead atoms. The Kier molecular flexibility index (Phi) is 8.19. The van der Waals surface area contributed by atoms with E-state index in [-0.39, 0.29) is 43.0 Å². The lowest BCUT2D eigenvalue weighted by Gasteiger charge is -2.20. The average molecular weight is 519 g/mol. The summed E-state index contributed by atoms with van der Waals surface area (Å²) in [5.41, 5.74) is -1.73. The van der Waals surface area contributed by atoms with E-state index in [9.17, 15) is 23.9 Å². The van der Waals surface area contributed by atoms with E-state index < -0.39 is 28.6 Å². The molecule has 36 heavy (non-hydrogen) atoms. The second-order valence-electron chi connectivity index (χ2n) is 9.24. The van der Waals surface area contributed by atoms with Gasteiger partial charge in [0.1, 0.15) is 0 Å². The molecule has 192 valence electrons. The van der Waals surface area contributed by atoms with Crippen molar-refractivity contribution < 1.29 is 19.0 Å². The summed E-state index contributed by atoms with van der Waals surface area (Å²) in [5.74, 6) is -1.69. The van der Waals surface area contributed by atoms with Gasteiger partial charge in [-0.3, -0.25) is 9.36 Å². The summed E-state index contributed by atoms with van der Waals surface area (Å²) >= 11 is 5.97. The molecule has 1 heterocycles. The number of halogens is 2. The minimum atomic E-state index is -1.15. The molecule has 0 saturated carbocycles. The number of carboxylic acid groups (broad SMARTS) is 1. The van der Waals surface area contributed by atoms with Crippen molar-refractivity contribution >= 4 is 29.2 Å². The first-order chi connectivity index (χ1) is 16.9. The fourth-order valence-corrected chi connectivity index (χ4v) is 3.41. The smallest absolute Gasteiger partial charge is 0.354 e. The molecule has 0 fully saturated rings. The molecule has 3 aromatic rings. The molecule has 0 amide bonds. The van der Waals surface area contributed by atoms with E-state index in [2.05, 4.69) is 10.3 Å². The standard InChI is InChI=1S/C25H28ClFN4O5/c1-15(2)36-20-10-9-18(13-19(20)27)28-22-29-23(34)30(12-11-25(3,4)21(32)33)24(35)31(22)14-16-5-7-17(26)8-6-16/h5-10,13,15H,11-12,14H2,1-4H3,(H,32,33)(H,28,29,34). The van der Waals surface area contributed by atoms with Crippen molar-refractivity contribution in [1.82, 2.24) is 14.1 Å². The molecule has 0 unspecified atom stereocenters. The number of benzene rings is 2. The number of ether oxygens (including phenoxy) is 1. The van der Waals surface area contributed by atoms with Crippen LogP contribution in [-0.4, -0.2) is 31.3 Å². The van der Waals surface area contributed by atoms with E-state index >= 15 is 0 Å². The normalized spacial score (nSPS) is 11.5. The maximum Gasteiger partial charge on any atom is 0.354 e. The van der Waals surface area contributed by atoms with Crippen LogP contribution in [0.25, 0.3) is 0 Å². The van der Waals surface area contributed by atoms with Crippen molar-refractivity contribution in [3.8, 4) is 5.75 Å². The number of nitrogens with zero attached hydrogens (tertiary/aromatic N) is 3. The van der Waals surface area contributed by atoms with E-state index in [0.717, 1.165) is 4.57 Å². The summed E-state index contributed by atoms with van der Waals surface area (Å²) < 4.78 is 22.1. The Bertz CT molecular complexity index is 1370. The van der Waals surface area contributed by atoms with Gasteiger partial charge in [0.25, 0.3) is 0 Å². The van der Waals surface area contributed by atoms with Crippen LogP contribution < -0.4 is 21.4 Å². The quantitative estimate of drug-likeness (QED) is 0.411. The van der Waals surface area contributed by atoms with Crippen molar-refractivity contribution in [2.75, 3.05) is 5.32 Å². The summed E-state index contributed by atoms with van der Waals surface area (Å²) in [4.78, 5) is 41.6. The van der Waals surface area contributed by atoms with E-state index in [1.165, 1.54) is 30.5 Å². The Morgan fingerprint density at radius 2 is 1.83 bits per heavy atom. The van der Waals surface area contributed by atoms with Crippen LogP contribution in [0.5, 0.6) is 5.75 Å². The van der Waals surface area contributed by atoms with Gasteiger partial charge in [-0.1, -0.05) is 23.7 Å². The molecular formula is C25H28ClFN4O5. The average Bonchev–Trinajstić information content (AvgIpc) is 2.79. The van der Waals surface area contributed by atoms with Crippen LogP contribution in [-0.2, 0) is 17.9 Å². The number of carbonyl (C=O) groups is 1. The summed E-state index contributed by atoms with van der Waals surface area (Å²) in [6, 6.07) is 10.9. The highest BCUT2D eigenvalue weighted by molar-refractivity contribution is 6.30. The Hall–Kier alpha value is -3.66. The zero-order valence-electron chi connectivity index (χ0n) is 20.4. The van der Waals surface area contributed by atoms with Gasteiger partial charge in [0.15, 0.2) is 11.6 Å². The number of rotatable bonds is 10. The van der Waals surface area contributed by atoms with Gasteiger partial charge in [0, 0.05) is 23.3 Å². The maximum atomic E-state index is 14.5. The topological polar surface area (TPSA) is 115 Å². The molecule has 2 N–H and O–H groups in total. The molecule has 0 aliphatic heterocycles. The Morgan fingerprint density at radius 3 is 2.42 bits per heavy atom. The number of aliphatic carboxylic acids is 1. The first-order valence-electron chi connectivity index (χ1n) is 11.3. The first-order valence-corrected chi connectivity index (χ1v) is 11.7. The second kappa shape index (κ2) is 10.9. The molecule has 0 spiro atoms. The second-order valence-corrected chi connectivity index (χ2v) is 9.68. The fourth-order valence-electron chi connectivity index (χ4n) is 3.29. The molecule has 11 heteroatoms. The van der Waals surface area contributed by atoms with E-state index in [1.54, 1.807) is 44.2 Å². The highest BCUT2D eigenvalue weighted by Crippen LogP contribution is 2.24. The van der Waals surface area contributed by atoms with Crippen LogP contribution in [0.1, 0.15) is 39.7 Å². The van der Waals surface area contributed by atoms with Crippen LogP contribution in [0.3, 0.4) is 0 Å². The number of hydrogen-bond donors (Lipinski definition) is 2. The molecule has 0 saturated heterocycles. The van der Waals surface area contributed by atoms with Gasteiger partial charge in [-0.2, -0.15) is 4.98 Å². The highest BCUT2D eigenvalue weighted by Gasteiger charge is 2.27. The van der Waals surface area contributed by atoms with E-state index in [4.69, 9.17) is 16.3 Å². The fraction of sp³-hybridized carbons (Fsp3) is 0.360. The molecule has 0 radical (unpaired) electrons. The molecule has 3 rings (SSSR count). The van der Waals surface area contributed by atoms with Gasteiger partial charge in [0.05, 0.1) is 18.1 Å². The third-order valence-corrected chi connectivity index (χ3v) is 5.75. The van der Waals surface area contributed by atoms with Crippen LogP contribution in [0, 0.1) is 11.2 Å². The Balaban J connectivity index is 2.03. The van der Waals surface area contributed by atoms with Crippen molar-refractivity contribution in [2.24, 2.45) is 5.41 Å². The van der Waals surface area contributed by atoms with Gasteiger partial charge < -0.3 is 15.2 Å². The van der Waals surface area contributed by atoms with E-state index in [1.807, 2.05) is 0 Å². The van der Waals surface area contributed by atoms with Crippen molar-refractivity contribution in [3.63, 3.8) is 0 Å². The molecular weight excluding hydrogens is 491 g/mol. The third kappa shape index (κ3) is 6.51. The summed E-state index contributed by atoms with van der Waals surface area (Å²) in [6.07, 6.45) is -0.182. The predicted octanol–water partition coefficient (Wildman–Crippen LogP) is 4.28. The summed E-state index contributed by atoms with van der Waals surface area (Å²) in [5, 5.41) is 12.7. The van der Waals surface area contributed by atoms with Crippen molar-refractivity contribution in [2.45, 2.75) is 53.3 Å². The van der Waals surface area contributed by atoms with Gasteiger partial charge in [0.2, 0.25) is 5.95 Å². The van der Waals surface area contributed by atoms with Crippen LogP contribution >= 0.6 is 11.6 Å². The third-order valence-electron chi connectivity index (χ3n) is 5.49. The van der Waals surface area contributed by atoms with Gasteiger partial charge >= 0.3 is 17.3 Å². The molecule has 9 nitrogen and oxygen atoms in total. The Morgan fingerprint density at radius 1 is 1.17 bits per heavy atom. The molecule has 0 aliphatic carbocycles. The number of anilines is 2. The first kappa shape index (κ1) is 26.9. The minimum absolute atomic E-state index is 0.0327.